The van der Waals surface area contributed by atoms with Crippen molar-refractivity contribution in [2.24, 2.45) is 0 Å². The third-order valence-electron chi connectivity index (χ3n) is 4.82. The molecule has 3 heterocycles. The quantitative estimate of drug-likeness (QED) is 0.707. The zero-order chi connectivity index (χ0) is 16.2. The molecule has 3 N–H and O–H groups in total. The topological polar surface area (TPSA) is 74.8 Å². The average molecular weight is 324 g/mol. The molecule has 2 aromatic rings. The number of anilines is 1. The molecular weight excluding hydrogens is 300 g/mol. The summed E-state index contributed by atoms with van der Waals surface area (Å²) in [6.45, 7) is 2.03. The zero-order valence-electron chi connectivity index (χ0n) is 13.9. The number of aromatic nitrogens is 3. The van der Waals surface area contributed by atoms with Crippen LogP contribution in [-0.2, 0) is 12.8 Å². The Labute approximate surface area is 142 Å². The monoisotopic (exact) mass is 324 g/mol. The smallest absolute Gasteiger partial charge is 0.161 e. The third-order valence-corrected chi connectivity index (χ3v) is 4.82. The molecule has 1 fully saturated rings. The predicted octanol–water partition coefficient (Wildman–Crippen LogP) is 2.09. The molecule has 1 aliphatic heterocycles. The number of aryl methyl sites for hydroxylation is 1. The van der Waals surface area contributed by atoms with Gasteiger partial charge in [0.1, 0.15) is 5.82 Å². The predicted molar refractivity (Wildman–Crippen MR) is 94.6 cm³/mol. The van der Waals surface area contributed by atoms with Crippen LogP contribution in [0.3, 0.4) is 0 Å². The highest BCUT2D eigenvalue weighted by Gasteiger charge is 2.20. The summed E-state index contributed by atoms with van der Waals surface area (Å²) in [5.74, 6) is 1.84. The molecule has 2 aliphatic rings. The maximum Gasteiger partial charge on any atom is 0.161 e. The summed E-state index contributed by atoms with van der Waals surface area (Å²) in [6, 6.07) is 4.55. The van der Waals surface area contributed by atoms with Gasteiger partial charge in [0.15, 0.2) is 5.82 Å². The first-order chi connectivity index (χ1) is 11.9. The molecule has 4 rings (SSSR count). The number of rotatable bonds is 6. The first-order valence-electron chi connectivity index (χ1n) is 8.92. The van der Waals surface area contributed by atoms with Crippen molar-refractivity contribution in [2.75, 3.05) is 18.4 Å². The second-order valence-electron chi connectivity index (χ2n) is 6.54. The molecule has 24 heavy (non-hydrogen) atoms. The lowest BCUT2D eigenvalue weighted by atomic mass is 10.1. The fourth-order valence-electron chi connectivity index (χ4n) is 3.52. The van der Waals surface area contributed by atoms with Gasteiger partial charge in [-0.1, -0.05) is 0 Å². The van der Waals surface area contributed by atoms with Crippen LogP contribution in [0, 0.1) is 0 Å². The van der Waals surface area contributed by atoms with Gasteiger partial charge in [-0.25, -0.2) is 9.97 Å². The van der Waals surface area contributed by atoms with Gasteiger partial charge in [-0.2, -0.15) is 0 Å². The largest absolute Gasteiger partial charge is 0.370 e. The lowest BCUT2D eigenvalue weighted by molar-refractivity contribution is 0.511. The number of nitrogens with zero attached hydrogens (tertiary/aromatic N) is 3. The van der Waals surface area contributed by atoms with Crippen LogP contribution < -0.4 is 16.2 Å². The zero-order valence-corrected chi connectivity index (χ0v) is 13.9. The highest BCUT2D eigenvalue weighted by atomic mass is 15.4. The summed E-state index contributed by atoms with van der Waals surface area (Å²) < 4.78 is 0. The van der Waals surface area contributed by atoms with Crippen molar-refractivity contribution in [3.63, 3.8) is 0 Å². The van der Waals surface area contributed by atoms with E-state index in [1.165, 1.54) is 30.5 Å². The molecule has 6 heteroatoms. The molecule has 6 nitrogen and oxygen atoms in total. The molecule has 0 amide bonds. The Kier molecular flexibility index (Phi) is 4.66. The van der Waals surface area contributed by atoms with Crippen molar-refractivity contribution in [1.82, 2.24) is 25.8 Å². The average Bonchev–Trinajstić information content (AvgIpc) is 3.30. The number of fused-ring (bicyclic) bond motifs is 1. The van der Waals surface area contributed by atoms with Crippen molar-refractivity contribution >= 4 is 5.82 Å². The molecule has 0 saturated carbocycles. The van der Waals surface area contributed by atoms with Gasteiger partial charge in [0.05, 0.1) is 0 Å². The highest BCUT2D eigenvalue weighted by molar-refractivity contribution is 5.60. The van der Waals surface area contributed by atoms with Crippen LogP contribution in [0.4, 0.5) is 5.82 Å². The van der Waals surface area contributed by atoms with E-state index in [0.29, 0.717) is 6.04 Å². The Bertz CT molecular complexity index is 681. The SMILES string of the molecule is c1cc(-c2nc3c(c(NCCCC4CCNN4)n2)CCC3)ccn1. The van der Waals surface area contributed by atoms with Crippen LogP contribution in [-0.4, -0.2) is 34.1 Å². The second-order valence-corrected chi connectivity index (χ2v) is 6.54. The highest BCUT2D eigenvalue weighted by Crippen LogP contribution is 2.29. The minimum atomic E-state index is 0.607. The lowest BCUT2D eigenvalue weighted by Gasteiger charge is -2.13. The Morgan fingerprint density at radius 1 is 1.17 bits per heavy atom. The standard InChI is InChI=1S/C18H24N6/c1-4-15-16(5-1)22-17(13-6-10-19-11-7-13)23-18(15)20-9-2-3-14-8-12-21-24-14/h6-7,10-11,14,21,24H,1-5,8-9,12H2,(H,20,22,23). The van der Waals surface area contributed by atoms with E-state index < -0.39 is 0 Å². The molecule has 0 radical (unpaired) electrons. The van der Waals surface area contributed by atoms with Gasteiger partial charge in [-0.3, -0.25) is 15.8 Å². The summed E-state index contributed by atoms with van der Waals surface area (Å²) in [5.41, 5.74) is 10.1. The van der Waals surface area contributed by atoms with Crippen molar-refractivity contribution in [1.29, 1.82) is 0 Å². The maximum absolute atomic E-state index is 4.81. The normalized spacial score (nSPS) is 19.4. The fourth-order valence-corrected chi connectivity index (χ4v) is 3.52. The van der Waals surface area contributed by atoms with Gasteiger partial charge in [0.25, 0.3) is 0 Å². The number of hydrazine groups is 1. The van der Waals surface area contributed by atoms with Crippen molar-refractivity contribution < 1.29 is 0 Å². The van der Waals surface area contributed by atoms with Crippen molar-refractivity contribution in [2.45, 2.75) is 44.6 Å². The van der Waals surface area contributed by atoms with Crippen LogP contribution in [0.25, 0.3) is 11.4 Å². The summed E-state index contributed by atoms with van der Waals surface area (Å²) >= 11 is 0. The second kappa shape index (κ2) is 7.23. The Morgan fingerprint density at radius 3 is 2.92 bits per heavy atom. The summed E-state index contributed by atoms with van der Waals surface area (Å²) in [6.07, 6.45) is 10.5. The Hall–Kier alpha value is -2.05. The van der Waals surface area contributed by atoms with E-state index in [1.54, 1.807) is 12.4 Å². The Morgan fingerprint density at radius 2 is 2.08 bits per heavy atom. The van der Waals surface area contributed by atoms with Crippen LogP contribution in [0.1, 0.15) is 36.9 Å². The molecule has 1 saturated heterocycles. The maximum atomic E-state index is 4.81. The fraction of sp³-hybridized carbons (Fsp3) is 0.500. The lowest BCUT2D eigenvalue weighted by Crippen LogP contribution is -2.30. The van der Waals surface area contributed by atoms with Gasteiger partial charge in [-0.15, -0.1) is 0 Å². The molecule has 0 spiro atoms. The molecule has 0 aromatic carbocycles. The van der Waals surface area contributed by atoms with Gasteiger partial charge >= 0.3 is 0 Å². The van der Waals surface area contributed by atoms with Crippen LogP contribution in [0.5, 0.6) is 0 Å². The molecular formula is C18H24N6. The minimum Gasteiger partial charge on any atom is -0.370 e. The third kappa shape index (κ3) is 3.39. The molecule has 1 atom stereocenters. The van der Waals surface area contributed by atoms with E-state index in [2.05, 4.69) is 21.2 Å². The molecule has 1 unspecified atom stereocenters. The van der Waals surface area contributed by atoms with Gasteiger partial charge in [0, 0.05) is 48.3 Å². The van der Waals surface area contributed by atoms with E-state index >= 15 is 0 Å². The summed E-state index contributed by atoms with van der Waals surface area (Å²) in [7, 11) is 0. The molecule has 0 bridgehead atoms. The van der Waals surface area contributed by atoms with Crippen LogP contribution in [0.2, 0.25) is 0 Å². The number of pyridine rings is 1. The van der Waals surface area contributed by atoms with E-state index in [9.17, 15) is 0 Å². The first-order valence-corrected chi connectivity index (χ1v) is 8.92. The number of hydrogen-bond donors (Lipinski definition) is 3. The van der Waals surface area contributed by atoms with E-state index in [-0.39, 0.29) is 0 Å². The van der Waals surface area contributed by atoms with E-state index in [0.717, 1.165) is 49.6 Å². The molecule has 126 valence electrons. The number of hydrogen-bond acceptors (Lipinski definition) is 6. The van der Waals surface area contributed by atoms with Crippen molar-refractivity contribution in [3.8, 4) is 11.4 Å². The van der Waals surface area contributed by atoms with E-state index in [4.69, 9.17) is 9.97 Å². The van der Waals surface area contributed by atoms with Crippen LogP contribution >= 0.6 is 0 Å². The minimum absolute atomic E-state index is 0.607. The van der Waals surface area contributed by atoms with Gasteiger partial charge < -0.3 is 5.32 Å². The van der Waals surface area contributed by atoms with Gasteiger partial charge in [0.2, 0.25) is 0 Å². The van der Waals surface area contributed by atoms with Gasteiger partial charge in [-0.05, 0) is 50.7 Å². The number of nitrogens with one attached hydrogen (secondary N) is 3. The Balaban J connectivity index is 1.46. The molecule has 2 aromatic heterocycles. The van der Waals surface area contributed by atoms with Crippen LogP contribution in [0.15, 0.2) is 24.5 Å². The summed E-state index contributed by atoms with van der Waals surface area (Å²) in [4.78, 5) is 13.7. The molecule has 1 aliphatic carbocycles. The summed E-state index contributed by atoms with van der Waals surface area (Å²) in [5, 5.41) is 3.56. The first kappa shape index (κ1) is 15.5. The van der Waals surface area contributed by atoms with Crippen molar-refractivity contribution in [3.05, 3.63) is 35.8 Å². The van der Waals surface area contributed by atoms with E-state index in [1.807, 2.05) is 12.1 Å².